The molecule has 2 aromatic rings. The molecule has 0 radical (unpaired) electrons. The molecule has 1 amide bonds. The van der Waals surface area contributed by atoms with Gasteiger partial charge in [-0.15, -0.1) is 22.7 Å². The highest BCUT2D eigenvalue weighted by molar-refractivity contribution is 7.10. The number of carbonyl (C=O) groups excluding carboxylic acids is 1. The molecule has 1 unspecified atom stereocenters. The van der Waals surface area contributed by atoms with Crippen LogP contribution in [0.5, 0.6) is 0 Å². The van der Waals surface area contributed by atoms with E-state index < -0.39 is 6.10 Å². The molecule has 23 heavy (non-hydrogen) atoms. The second kappa shape index (κ2) is 7.88. The molecule has 0 bridgehead atoms. The Balaban J connectivity index is 1.45. The number of nitrogens with zero attached hydrogens (tertiary/aromatic N) is 2. The van der Waals surface area contributed by atoms with E-state index in [9.17, 15) is 9.90 Å². The SMILES string of the molecule is O=C(/C=C/c1cccs1)N1CCN(CC(O)c2cccs2)CC1. The summed E-state index contributed by atoms with van der Waals surface area (Å²) in [6, 6.07) is 7.90. The average Bonchev–Trinajstić information content (AvgIpc) is 3.26. The summed E-state index contributed by atoms with van der Waals surface area (Å²) >= 11 is 3.21. The predicted octanol–water partition coefficient (Wildman–Crippen LogP) is 2.70. The molecule has 6 heteroatoms. The zero-order valence-corrected chi connectivity index (χ0v) is 14.4. The standard InChI is InChI=1S/C17H20N2O2S2/c20-15(16-4-2-12-23-16)13-18-7-9-19(10-8-18)17(21)6-5-14-3-1-11-22-14/h1-6,11-12,15,20H,7-10,13H2/b6-5+. The third kappa shape index (κ3) is 4.51. The summed E-state index contributed by atoms with van der Waals surface area (Å²) < 4.78 is 0. The van der Waals surface area contributed by atoms with Gasteiger partial charge in [0.2, 0.25) is 5.91 Å². The fourth-order valence-corrected chi connectivity index (χ4v) is 3.93. The first kappa shape index (κ1) is 16.4. The molecular weight excluding hydrogens is 328 g/mol. The van der Waals surface area contributed by atoms with Crippen LogP contribution in [0.15, 0.2) is 41.1 Å². The van der Waals surface area contributed by atoms with Crippen LogP contribution in [-0.4, -0.2) is 53.5 Å². The first-order valence-corrected chi connectivity index (χ1v) is 9.42. The van der Waals surface area contributed by atoms with E-state index in [1.807, 2.05) is 46.0 Å². The van der Waals surface area contributed by atoms with Crippen molar-refractivity contribution in [1.29, 1.82) is 0 Å². The number of thiophene rings is 2. The van der Waals surface area contributed by atoms with Crippen molar-refractivity contribution < 1.29 is 9.90 Å². The summed E-state index contributed by atoms with van der Waals surface area (Å²) in [5.41, 5.74) is 0. The van der Waals surface area contributed by atoms with Crippen LogP contribution in [0, 0.1) is 0 Å². The van der Waals surface area contributed by atoms with Gasteiger partial charge in [0.1, 0.15) is 6.10 Å². The number of piperazine rings is 1. The summed E-state index contributed by atoms with van der Waals surface area (Å²) in [4.78, 5) is 18.4. The number of hydrogen-bond acceptors (Lipinski definition) is 5. The summed E-state index contributed by atoms with van der Waals surface area (Å²) in [7, 11) is 0. The fourth-order valence-electron chi connectivity index (χ4n) is 2.61. The molecule has 0 saturated carbocycles. The number of amides is 1. The lowest BCUT2D eigenvalue weighted by atomic mass is 10.2. The lowest BCUT2D eigenvalue weighted by Crippen LogP contribution is -2.49. The maximum atomic E-state index is 12.2. The van der Waals surface area contributed by atoms with Gasteiger partial charge in [-0.25, -0.2) is 0 Å². The minimum Gasteiger partial charge on any atom is -0.386 e. The van der Waals surface area contributed by atoms with E-state index in [0.717, 1.165) is 22.8 Å². The van der Waals surface area contributed by atoms with Gasteiger partial charge in [-0.2, -0.15) is 0 Å². The number of β-amino-alcohol motifs (C(OH)–C–C–N with tert-alkyl or cyclic N) is 1. The van der Waals surface area contributed by atoms with Gasteiger partial charge in [-0.1, -0.05) is 12.1 Å². The molecule has 2 aromatic heterocycles. The van der Waals surface area contributed by atoms with Crippen LogP contribution in [-0.2, 0) is 4.79 Å². The van der Waals surface area contributed by atoms with Crippen molar-refractivity contribution in [3.8, 4) is 0 Å². The number of hydrogen-bond donors (Lipinski definition) is 1. The molecule has 0 aromatic carbocycles. The Kier molecular flexibility index (Phi) is 5.61. The molecular formula is C17H20N2O2S2. The summed E-state index contributed by atoms with van der Waals surface area (Å²) in [5.74, 6) is 0.0665. The monoisotopic (exact) mass is 348 g/mol. The first-order valence-electron chi connectivity index (χ1n) is 7.67. The van der Waals surface area contributed by atoms with Crippen LogP contribution in [0.1, 0.15) is 15.9 Å². The molecule has 122 valence electrons. The van der Waals surface area contributed by atoms with Crippen molar-refractivity contribution in [3.05, 3.63) is 50.9 Å². The Morgan fingerprint density at radius 3 is 2.57 bits per heavy atom. The second-order valence-corrected chi connectivity index (χ2v) is 7.46. The number of carbonyl (C=O) groups is 1. The first-order chi connectivity index (χ1) is 11.2. The average molecular weight is 348 g/mol. The summed E-state index contributed by atoms with van der Waals surface area (Å²) in [6.45, 7) is 3.67. The van der Waals surface area contributed by atoms with Gasteiger partial charge in [0.15, 0.2) is 0 Å². The smallest absolute Gasteiger partial charge is 0.246 e. The molecule has 0 spiro atoms. The van der Waals surface area contributed by atoms with E-state index in [0.29, 0.717) is 19.6 Å². The van der Waals surface area contributed by atoms with Gasteiger partial charge >= 0.3 is 0 Å². The minimum absolute atomic E-state index is 0.0665. The summed E-state index contributed by atoms with van der Waals surface area (Å²) in [5, 5.41) is 14.2. The fraction of sp³-hybridized carbons (Fsp3) is 0.353. The Morgan fingerprint density at radius 1 is 1.17 bits per heavy atom. The lowest BCUT2D eigenvalue weighted by molar-refractivity contribution is -0.127. The molecule has 3 rings (SSSR count). The van der Waals surface area contributed by atoms with Gasteiger partial charge in [-0.3, -0.25) is 9.69 Å². The van der Waals surface area contributed by atoms with Crippen molar-refractivity contribution in [1.82, 2.24) is 9.80 Å². The molecule has 1 fully saturated rings. The molecule has 4 nitrogen and oxygen atoms in total. The maximum absolute atomic E-state index is 12.2. The second-order valence-electron chi connectivity index (χ2n) is 5.51. The third-order valence-electron chi connectivity index (χ3n) is 3.92. The highest BCUT2D eigenvalue weighted by Gasteiger charge is 2.22. The quantitative estimate of drug-likeness (QED) is 0.845. The molecule has 1 aliphatic heterocycles. The summed E-state index contributed by atoms with van der Waals surface area (Å²) in [6.07, 6.45) is 3.10. The van der Waals surface area contributed by atoms with Crippen LogP contribution < -0.4 is 0 Å². The maximum Gasteiger partial charge on any atom is 0.246 e. The molecule has 3 heterocycles. The topological polar surface area (TPSA) is 43.8 Å². The molecule has 1 atom stereocenters. The highest BCUT2D eigenvalue weighted by atomic mass is 32.1. The number of aliphatic hydroxyl groups excluding tert-OH is 1. The molecule has 1 N–H and O–H groups in total. The van der Waals surface area contributed by atoms with Gasteiger partial charge in [0, 0.05) is 48.6 Å². The minimum atomic E-state index is -0.434. The molecule has 1 saturated heterocycles. The highest BCUT2D eigenvalue weighted by Crippen LogP contribution is 2.20. The van der Waals surface area contributed by atoms with Crippen molar-refractivity contribution >= 4 is 34.7 Å². The van der Waals surface area contributed by atoms with Crippen LogP contribution >= 0.6 is 22.7 Å². The normalized spacial score (nSPS) is 17.7. The van der Waals surface area contributed by atoms with Gasteiger partial charge in [-0.05, 0) is 29.0 Å². The van der Waals surface area contributed by atoms with Gasteiger partial charge in [0.05, 0.1) is 0 Å². The molecule has 1 aliphatic rings. The van der Waals surface area contributed by atoms with E-state index in [1.54, 1.807) is 28.7 Å². The van der Waals surface area contributed by atoms with Crippen molar-refractivity contribution in [2.45, 2.75) is 6.10 Å². The van der Waals surface area contributed by atoms with Crippen LogP contribution in [0.4, 0.5) is 0 Å². The van der Waals surface area contributed by atoms with Crippen molar-refractivity contribution in [3.63, 3.8) is 0 Å². The Bertz CT molecular complexity index is 630. The Morgan fingerprint density at radius 2 is 1.91 bits per heavy atom. The zero-order valence-electron chi connectivity index (χ0n) is 12.8. The van der Waals surface area contributed by atoms with Crippen LogP contribution in [0.2, 0.25) is 0 Å². The van der Waals surface area contributed by atoms with E-state index in [4.69, 9.17) is 0 Å². The number of rotatable bonds is 5. The molecule has 0 aliphatic carbocycles. The van der Waals surface area contributed by atoms with E-state index in [2.05, 4.69) is 4.90 Å². The lowest BCUT2D eigenvalue weighted by Gasteiger charge is -2.35. The van der Waals surface area contributed by atoms with Crippen molar-refractivity contribution in [2.24, 2.45) is 0 Å². The van der Waals surface area contributed by atoms with E-state index in [-0.39, 0.29) is 5.91 Å². The predicted molar refractivity (Wildman–Crippen MR) is 95.7 cm³/mol. The van der Waals surface area contributed by atoms with Gasteiger partial charge < -0.3 is 10.0 Å². The number of aliphatic hydroxyl groups is 1. The Labute approximate surface area is 144 Å². The van der Waals surface area contributed by atoms with E-state index in [1.165, 1.54) is 0 Å². The van der Waals surface area contributed by atoms with Crippen molar-refractivity contribution in [2.75, 3.05) is 32.7 Å². The Hall–Kier alpha value is -1.47. The zero-order chi connectivity index (χ0) is 16.1. The van der Waals surface area contributed by atoms with Crippen LogP contribution in [0.3, 0.4) is 0 Å². The third-order valence-corrected chi connectivity index (χ3v) is 5.73. The van der Waals surface area contributed by atoms with E-state index >= 15 is 0 Å². The van der Waals surface area contributed by atoms with Crippen LogP contribution in [0.25, 0.3) is 6.08 Å². The van der Waals surface area contributed by atoms with Gasteiger partial charge in [0.25, 0.3) is 0 Å². The largest absolute Gasteiger partial charge is 0.386 e.